The first-order valence-corrected chi connectivity index (χ1v) is 12.7. The van der Waals surface area contributed by atoms with Crippen molar-refractivity contribution >= 4 is 46.4 Å². The summed E-state index contributed by atoms with van der Waals surface area (Å²) in [6.45, 7) is 4.39. The number of nitrogens with zero attached hydrogens (tertiary/aromatic N) is 2. The average Bonchev–Trinajstić information content (AvgIpc) is 3.45. The van der Waals surface area contributed by atoms with Gasteiger partial charge in [-0.3, -0.25) is 4.98 Å². The van der Waals surface area contributed by atoms with Crippen molar-refractivity contribution in [3.05, 3.63) is 107 Å². The Hall–Kier alpha value is -2.80. The molecule has 7 heteroatoms. The van der Waals surface area contributed by atoms with Crippen LogP contribution in [0.5, 0.6) is 0 Å². The molecule has 0 amide bonds. The lowest BCUT2D eigenvalue weighted by molar-refractivity contribution is 0.383. The summed E-state index contributed by atoms with van der Waals surface area (Å²) in [6.07, 6.45) is 1.81. The first kappa shape index (κ1) is 23.0. The number of benzene rings is 2. The Morgan fingerprint density at radius 2 is 1.76 bits per heavy atom. The highest BCUT2D eigenvalue weighted by atomic mass is 35.5. The van der Waals surface area contributed by atoms with Gasteiger partial charge in [0, 0.05) is 21.8 Å². The third-order valence-electron chi connectivity index (χ3n) is 5.86. The second kappa shape index (κ2) is 9.82. The molecule has 34 heavy (non-hydrogen) atoms. The second-order valence-electron chi connectivity index (χ2n) is 8.46. The lowest BCUT2D eigenvalue weighted by Crippen LogP contribution is -2.29. The molecule has 3 heterocycles. The van der Waals surface area contributed by atoms with Crippen molar-refractivity contribution < 1.29 is 4.42 Å². The predicted octanol–water partition coefficient (Wildman–Crippen LogP) is 7.78. The van der Waals surface area contributed by atoms with Crippen LogP contribution in [-0.2, 0) is 0 Å². The van der Waals surface area contributed by atoms with Gasteiger partial charge in [-0.1, -0.05) is 55.4 Å². The third-order valence-corrected chi connectivity index (χ3v) is 7.36. The molecule has 4 nitrogen and oxygen atoms in total. The molecule has 1 N–H and O–H groups in total. The normalized spacial score (nSPS) is 17.9. The van der Waals surface area contributed by atoms with Crippen LogP contribution in [-0.4, -0.2) is 10.1 Å². The van der Waals surface area contributed by atoms with E-state index >= 15 is 0 Å². The van der Waals surface area contributed by atoms with Crippen LogP contribution < -0.4 is 10.2 Å². The molecule has 0 spiro atoms. The smallest absolute Gasteiger partial charge is 0.174 e. The minimum atomic E-state index is -0.174. The van der Waals surface area contributed by atoms with Crippen LogP contribution in [0.1, 0.15) is 48.9 Å². The van der Waals surface area contributed by atoms with Crippen LogP contribution in [0.3, 0.4) is 0 Å². The molecule has 172 valence electrons. The number of rotatable bonds is 6. The van der Waals surface area contributed by atoms with Gasteiger partial charge in [0.2, 0.25) is 0 Å². The fourth-order valence-electron chi connectivity index (χ4n) is 4.11. The van der Waals surface area contributed by atoms with Gasteiger partial charge in [0.15, 0.2) is 10.2 Å². The van der Waals surface area contributed by atoms with Gasteiger partial charge >= 0.3 is 0 Å². The van der Waals surface area contributed by atoms with E-state index in [0.29, 0.717) is 16.1 Å². The molecule has 1 saturated heterocycles. The van der Waals surface area contributed by atoms with Crippen LogP contribution in [0.15, 0.2) is 99.5 Å². The van der Waals surface area contributed by atoms with E-state index in [-0.39, 0.29) is 12.1 Å². The van der Waals surface area contributed by atoms with E-state index in [1.807, 2.05) is 54.6 Å². The molecule has 5 rings (SSSR count). The zero-order valence-electron chi connectivity index (χ0n) is 18.8. The first-order valence-electron chi connectivity index (χ1n) is 11.1. The van der Waals surface area contributed by atoms with E-state index in [4.69, 9.17) is 28.2 Å². The Morgan fingerprint density at radius 1 is 1.00 bits per heavy atom. The summed E-state index contributed by atoms with van der Waals surface area (Å²) in [5, 5.41) is 5.66. The molecule has 2 aromatic heterocycles. The number of anilines is 1. The molecule has 1 fully saturated rings. The molecule has 0 bridgehead atoms. The van der Waals surface area contributed by atoms with Gasteiger partial charge < -0.3 is 14.6 Å². The molecule has 1 aliphatic rings. The molecular weight excluding hydrogens is 482 g/mol. The maximum Gasteiger partial charge on any atom is 0.174 e. The maximum absolute atomic E-state index is 6.38. The molecule has 2 unspecified atom stereocenters. The maximum atomic E-state index is 6.38. The van der Waals surface area contributed by atoms with Gasteiger partial charge in [-0.15, -0.1) is 0 Å². The van der Waals surface area contributed by atoms with Crippen LogP contribution in [0.2, 0.25) is 5.02 Å². The zero-order valence-corrected chi connectivity index (χ0v) is 21.2. The number of hydrogen-bond donors (Lipinski definition) is 1. The molecule has 2 aromatic carbocycles. The van der Waals surface area contributed by atoms with Gasteiger partial charge in [-0.05, 0) is 84.4 Å². The average molecular weight is 506 g/mol. The van der Waals surface area contributed by atoms with Crippen molar-refractivity contribution in [3.63, 3.8) is 0 Å². The van der Waals surface area contributed by atoms with Crippen LogP contribution >= 0.6 is 35.6 Å². The fraction of sp³-hybridized carbons (Fsp3) is 0.185. The minimum Gasteiger partial charge on any atom is -0.452 e. The largest absolute Gasteiger partial charge is 0.452 e. The van der Waals surface area contributed by atoms with E-state index < -0.39 is 0 Å². The summed E-state index contributed by atoms with van der Waals surface area (Å²) in [7, 11) is 0. The summed E-state index contributed by atoms with van der Waals surface area (Å²) in [5.41, 5.74) is 3.23. The highest BCUT2D eigenvalue weighted by Crippen LogP contribution is 2.43. The van der Waals surface area contributed by atoms with Gasteiger partial charge in [-0.25, -0.2) is 0 Å². The van der Waals surface area contributed by atoms with Crippen molar-refractivity contribution in [2.24, 2.45) is 0 Å². The molecule has 1 aliphatic heterocycles. The Labute approximate surface area is 214 Å². The summed E-state index contributed by atoms with van der Waals surface area (Å²) in [4.78, 5) is 7.81. The van der Waals surface area contributed by atoms with Crippen molar-refractivity contribution in [3.8, 4) is 0 Å². The predicted molar refractivity (Wildman–Crippen MR) is 143 cm³/mol. The van der Waals surface area contributed by atoms with Crippen LogP contribution in [0.25, 0.3) is 0 Å². The quantitative estimate of drug-likeness (QED) is 0.270. The number of furan rings is 1. The lowest BCUT2D eigenvalue weighted by atomic mass is 10.0. The number of aromatic nitrogens is 1. The molecule has 0 radical (unpaired) electrons. The van der Waals surface area contributed by atoms with Crippen molar-refractivity contribution in [1.29, 1.82) is 0 Å². The number of pyridine rings is 1. The van der Waals surface area contributed by atoms with Crippen LogP contribution in [0.4, 0.5) is 5.69 Å². The fourth-order valence-corrected chi connectivity index (χ4v) is 5.36. The van der Waals surface area contributed by atoms with E-state index in [0.717, 1.165) is 27.1 Å². The molecule has 2 atom stereocenters. The van der Waals surface area contributed by atoms with Crippen LogP contribution in [0, 0.1) is 0 Å². The summed E-state index contributed by atoms with van der Waals surface area (Å²) >= 11 is 13.4. The van der Waals surface area contributed by atoms with Gasteiger partial charge in [-0.2, -0.15) is 0 Å². The highest BCUT2D eigenvalue weighted by molar-refractivity contribution is 7.99. The Balaban J connectivity index is 1.51. The van der Waals surface area contributed by atoms with E-state index in [1.165, 1.54) is 5.56 Å². The SMILES string of the molecule is CC(C)c1ccc(N2C(=S)NC(c3ccccn3)C2c2ccc(Sc3ccc(Cl)cc3)o2)cc1. The van der Waals surface area contributed by atoms with E-state index in [2.05, 4.69) is 53.3 Å². The number of thiocarbonyl (C=S) groups is 1. The van der Waals surface area contributed by atoms with Gasteiger partial charge in [0.25, 0.3) is 0 Å². The van der Waals surface area contributed by atoms with Crippen molar-refractivity contribution in [2.45, 2.75) is 41.8 Å². The molecular formula is C27H24ClN3OS2. The number of nitrogens with one attached hydrogen (secondary N) is 1. The second-order valence-corrected chi connectivity index (χ2v) is 10.4. The summed E-state index contributed by atoms with van der Waals surface area (Å²) in [6, 6.07) is 26.0. The standard InChI is InChI=1S/C27H24ClN3OS2/c1-17(2)18-6-10-20(11-7-18)31-26(25(30-27(31)33)22-5-3-4-16-29-22)23-14-15-24(32-23)34-21-12-8-19(28)9-13-21/h3-17,25-26H,1-2H3,(H,30,33). The summed E-state index contributed by atoms with van der Waals surface area (Å²) in [5.74, 6) is 1.29. The molecule has 0 aliphatic carbocycles. The number of hydrogen-bond acceptors (Lipinski definition) is 4. The number of halogens is 1. The van der Waals surface area contributed by atoms with Crippen molar-refractivity contribution in [1.82, 2.24) is 10.3 Å². The van der Waals surface area contributed by atoms with E-state index in [9.17, 15) is 0 Å². The van der Waals surface area contributed by atoms with Crippen molar-refractivity contribution in [2.75, 3.05) is 4.90 Å². The Bertz CT molecular complexity index is 1270. The molecule has 0 saturated carbocycles. The van der Waals surface area contributed by atoms with E-state index in [1.54, 1.807) is 18.0 Å². The minimum absolute atomic E-state index is 0.141. The zero-order chi connectivity index (χ0) is 23.7. The van der Waals surface area contributed by atoms with Gasteiger partial charge in [0.05, 0.1) is 11.7 Å². The first-order chi connectivity index (χ1) is 16.5. The lowest BCUT2D eigenvalue weighted by Gasteiger charge is -2.26. The Kier molecular flexibility index (Phi) is 6.63. The third kappa shape index (κ3) is 4.71. The van der Waals surface area contributed by atoms with Gasteiger partial charge in [0.1, 0.15) is 11.8 Å². The topological polar surface area (TPSA) is 41.3 Å². The highest BCUT2D eigenvalue weighted by Gasteiger charge is 2.42. The summed E-state index contributed by atoms with van der Waals surface area (Å²) < 4.78 is 6.38. The monoisotopic (exact) mass is 505 g/mol. The Morgan fingerprint density at radius 3 is 2.44 bits per heavy atom. The molecule has 4 aromatic rings.